The molecule has 1 N–H and O–H groups in total. The van der Waals surface area contributed by atoms with Gasteiger partial charge in [-0.1, -0.05) is 33.8 Å². The van der Waals surface area contributed by atoms with E-state index in [2.05, 4.69) is 38.1 Å². The summed E-state index contributed by atoms with van der Waals surface area (Å²) in [6.07, 6.45) is 1.98. The summed E-state index contributed by atoms with van der Waals surface area (Å²) < 4.78 is 15.5. The molecule has 1 heterocycles. The summed E-state index contributed by atoms with van der Waals surface area (Å²) in [6.45, 7) is 10.1. The van der Waals surface area contributed by atoms with Crippen molar-refractivity contribution in [3.05, 3.63) is 41.5 Å². The standard InChI is InChI=1S/C17H24FN3/c1-6-19-10-12-7-8-13(18)9-14(12)15-11-21(5)20-16(15)17(2,3)4/h7-9,11,19H,6,10H2,1-5H3. The molecule has 0 fully saturated rings. The Kier molecular flexibility index (Phi) is 4.47. The molecule has 114 valence electrons. The molecule has 1 aromatic carbocycles. The fourth-order valence-corrected chi connectivity index (χ4v) is 2.45. The molecule has 21 heavy (non-hydrogen) atoms. The van der Waals surface area contributed by atoms with Gasteiger partial charge in [0.1, 0.15) is 5.82 Å². The maximum atomic E-state index is 13.7. The van der Waals surface area contributed by atoms with Gasteiger partial charge in [0.05, 0.1) is 5.69 Å². The molecule has 0 amide bonds. The van der Waals surface area contributed by atoms with Gasteiger partial charge in [0.15, 0.2) is 0 Å². The van der Waals surface area contributed by atoms with Crippen LogP contribution in [0.2, 0.25) is 0 Å². The predicted molar refractivity (Wildman–Crippen MR) is 84.7 cm³/mol. The minimum Gasteiger partial charge on any atom is -0.313 e. The molecular formula is C17H24FN3. The Morgan fingerprint density at radius 1 is 1.24 bits per heavy atom. The van der Waals surface area contributed by atoms with Crippen LogP contribution in [0.1, 0.15) is 39.0 Å². The Labute approximate surface area is 126 Å². The lowest BCUT2D eigenvalue weighted by Crippen LogP contribution is -2.15. The molecule has 0 aliphatic rings. The fourth-order valence-electron chi connectivity index (χ4n) is 2.45. The second-order valence-corrected chi connectivity index (χ2v) is 6.40. The van der Waals surface area contributed by atoms with Gasteiger partial charge in [0.2, 0.25) is 0 Å². The summed E-state index contributed by atoms with van der Waals surface area (Å²) in [4.78, 5) is 0. The lowest BCUT2D eigenvalue weighted by molar-refractivity contribution is 0.554. The van der Waals surface area contributed by atoms with Crippen molar-refractivity contribution in [1.82, 2.24) is 15.1 Å². The van der Waals surface area contributed by atoms with Crippen LogP contribution in [-0.4, -0.2) is 16.3 Å². The van der Waals surface area contributed by atoms with E-state index in [1.165, 1.54) is 6.07 Å². The fraction of sp³-hybridized carbons (Fsp3) is 0.471. The average molecular weight is 289 g/mol. The molecule has 0 unspecified atom stereocenters. The first-order valence-electron chi connectivity index (χ1n) is 7.36. The van der Waals surface area contributed by atoms with E-state index in [9.17, 15) is 4.39 Å². The Morgan fingerprint density at radius 3 is 2.57 bits per heavy atom. The van der Waals surface area contributed by atoms with Crippen molar-refractivity contribution in [3.8, 4) is 11.1 Å². The maximum absolute atomic E-state index is 13.7. The molecule has 0 atom stereocenters. The van der Waals surface area contributed by atoms with Gasteiger partial charge in [-0.15, -0.1) is 0 Å². The first kappa shape index (κ1) is 15.7. The van der Waals surface area contributed by atoms with Crippen molar-refractivity contribution in [2.45, 2.75) is 39.7 Å². The third-order valence-corrected chi connectivity index (χ3v) is 3.47. The van der Waals surface area contributed by atoms with Crippen LogP contribution in [0.4, 0.5) is 4.39 Å². The molecule has 1 aromatic heterocycles. The van der Waals surface area contributed by atoms with Gasteiger partial charge in [-0.3, -0.25) is 4.68 Å². The van der Waals surface area contributed by atoms with Crippen molar-refractivity contribution in [1.29, 1.82) is 0 Å². The number of halogens is 1. The van der Waals surface area contributed by atoms with Crippen LogP contribution in [-0.2, 0) is 19.0 Å². The molecule has 0 bridgehead atoms. The molecule has 0 spiro atoms. The normalized spacial score (nSPS) is 11.9. The number of aromatic nitrogens is 2. The Hall–Kier alpha value is -1.68. The molecular weight excluding hydrogens is 265 g/mol. The van der Waals surface area contributed by atoms with Gasteiger partial charge in [0, 0.05) is 30.8 Å². The van der Waals surface area contributed by atoms with Gasteiger partial charge in [-0.2, -0.15) is 5.10 Å². The van der Waals surface area contributed by atoms with Crippen LogP contribution in [0.3, 0.4) is 0 Å². The summed E-state index contributed by atoms with van der Waals surface area (Å²) in [5.41, 5.74) is 3.94. The minimum atomic E-state index is -0.214. The number of benzene rings is 1. The summed E-state index contributed by atoms with van der Waals surface area (Å²) in [6, 6.07) is 4.98. The Bertz CT molecular complexity index is 623. The maximum Gasteiger partial charge on any atom is 0.123 e. The Balaban J connectivity index is 2.58. The molecule has 0 radical (unpaired) electrons. The smallest absolute Gasteiger partial charge is 0.123 e. The van der Waals surface area contributed by atoms with Gasteiger partial charge < -0.3 is 5.32 Å². The topological polar surface area (TPSA) is 29.9 Å². The zero-order valence-electron chi connectivity index (χ0n) is 13.5. The van der Waals surface area contributed by atoms with Crippen molar-refractivity contribution in [2.24, 2.45) is 7.05 Å². The van der Waals surface area contributed by atoms with Crippen LogP contribution in [0.5, 0.6) is 0 Å². The van der Waals surface area contributed by atoms with Gasteiger partial charge >= 0.3 is 0 Å². The summed E-state index contributed by atoms with van der Waals surface area (Å²) in [5.74, 6) is -0.214. The van der Waals surface area contributed by atoms with E-state index >= 15 is 0 Å². The average Bonchev–Trinajstić information content (AvgIpc) is 2.79. The highest BCUT2D eigenvalue weighted by Gasteiger charge is 2.24. The number of hydrogen-bond acceptors (Lipinski definition) is 2. The zero-order valence-corrected chi connectivity index (χ0v) is 13.5. The first-order valence-corrected chi connectivity index (χ1v) is 7.36. The summed E-state index contributed by atoms with van der Waals surface area (Å²) in [7, 11) is 1.90. The van der Waals surface area contributed by atoms with E-state index in [0.717, 1.165) is 35.5 Å². The highest BCUT2D eigenvalue weighted by atomic mass is 19.1. The molecule has 4 heteroatoms. The molecule has 0 aliphatic carbocycles. The van der Waals surface area contributed by atoms with E-state index in [1.54, 1.807) is 10.7 Å². The first-order chi connectivity index (χ1) is 9.82. The quantitative estimate of drug-likeness (QED) is 0.931. The van der Waals surface area contributed by atoms with Crippen molar-refractivity contribution < 1.29 is 4.39 Å². The van der Waals surface area contributed by atoms with Crippen LogP contribution in [0.15, 0.2) is 24.4 Å². The predicted octanol–water partition coefficient (Wildman–Crippen LogP) is 3.63. The SMILES string of the molecule is CCNCc1ccc(F)cc1-c1cn(C)nc1C(C)(C)C. The second-order valence-electron chi connectivity index (χ2n) is 6.40. The Morgan fingerprint density at radius 2 is 1.95 bits per heavy atom. The van der Waals surface area contributed by atoms with Gasteiger partial charge in [0.25, 0.3) is 0 Å². The molecule has 2 rings (SSSR count). The van der Waals surface area contributed by atoms with Crippen LogP contribution in [0, 0.1) is 5.82 Å². The summed E-state index contributed by atoms with van der Waals surface area (Å²) in [5, 5.41) is 7.89. The van der Waals surface area contributed by atoms with Crippen LogP contribution < -0.4 is 5.32 Å². The molecule has 2 aromatic rings. The molecule has 3 nitrogen and oxygen atoms in total. The number of aryl methyl sites for hydroxylation is 1. The third-order valence-electron chi connectivity index (χ3n) is 3.47. The monoisotopic (exact) mass is 289 g/mol. The van der Waals surface area contributed by atoms with E-state index in [-0.39, 0.29) is 11.2 Å². The number of nitrogens with one attached hydrogen (secondary N) is 1. The molecule has 0 saturated heterocycles. The van der Waals surface area contributed by atoms with E-state index in [1.807, 2.05) is 19.3 Å². The van der Waals surface area contributed by atoms with E-state index in [4.69, 9.17) is 0 Å². The van der Waals surface area contributed by atoms with E-state index in [0.29, 0.717) is 0 Å². The molecule has 0 saturated carbocycles. The van der Waals surface area contributed by atoms with Gasteiger partial charge in [-0.05, 0) is 29.8 Å². The lowest BCUT2D eigenvalue weighted by Gasteiger charge is -2.19. The van der Waals surface area contributed by atoms with Crippen LogP contribution >= 0.6 is 0 Å². The lowest BCUT2D eigenvalue weighted by atomic mass is 9.86. The van der Waals surface area contributed by atoms with E-state index < -0.39 is 0 Å². The zero-order chi connectivity index (χ0) is 15.6. The number of rotatable bonds is 4. The van der Waals surface area contributed by atoms with Crippen molar-refractivity contribution in [2.75, 3.05) is 6.54 Å². The highest BCUT2D eigenvalue weighted by Crippen LogP contribution is 2.34. The van der Waals surface area contributed by atoms with Gasteiger partial charge in [-0.25, -0.2) is 4.39 Å². The number of hydrogen-bond donors (Lipinski definition) is 1. The van der Waals surface area contributed by atoms with Crippen LogP contribution in [0.25, 0.3) is 11.1 Å². The van der Waals surface area contributed by atoms with Crippen molar-refractivity contribution >= 4 is 0 Å². The number of nitrogens with zero attached hydrogens (tertiary/aromatic N) is 2. The second kappa shape index (κ2) is 5.98. The largest absolute Gasteiger partial charge is 0.313 e. The van der Waals surface area contributed by atoms with Crippen molar-refractivity contribution in [3.63, 3.8) is 0 Å². The summed E-state index contributed by atoms with van der Waals surface area (Å²) >= 11 is 0. The third kappa shape index (κ3) is 3.50. The minimum absolute atomic E-state index is 0.0850. The highest BCUT2D eigenvalue weighted by molar-refractivity contribution is 5.70. The molecule has 0 aliphatic heterocycles.